The number of fused-ring (bicyclic) bond motifs is 2. The van der Waals surface area contributed by atoms with Crippen molar-refractivity contribution in [2.45, 2.75) is 72.8 Å². The first-order valence-electron chi connectivity index (χ1n) is 9.67. The Kier molecular flexibility index (Phi) is 4.25. The molecule has 2 nitrogen and oxygen atoms in total. The quantitative estimate of drug-likeness (QED) is 0.502. The van der Waals surface area contributed by atoms with Crippen LogP contribution in [0.15, 0.2) is 24.3 Å². The first kappa shape index (κ1) is 17.8. The molecule has 4 fully saturated rings. The van der Waals surface area contributed by atoms with Gasteiger partial charge in [0.05, 0.1) is 0 Å². The maximum atomic E-state index is 10.9. The Morgan fingerprint density at radius 2 is 1.62 bits per heavy atom. The Morgan fingerprint density at radius 1 is 1.04 bits per heavy atom. The fourth-order valence-corrected chi connectivity index (χ4v) is 5.58. The Labute approximate surface area is 147 Å². The summed E-state index contributed by atoms with van der Waals surface area (Å²) in [5.41, 5.74) is 3.83. The minimum atomic E-state index is -0.184. The molecule has 24 heavy (non-hydrogen) atoms. The monoisotopic (exact) mass is 330 g/mol. The van der Waals surface area contributed by atoms with E-state index in [1.165, 1.54) is 38.2 Å². The van der Waals surface area contributed by atoms with Crippen LogP contribution in [0.5, 0.6) is 0 Å². The normalized spacial score (nSPS) is 41.7. The van der Waals surface area contributed by atoms with Gasteiger partial charge in [0.15, 0.2) is 0 Å². The van der Waals surface area contributed by atoms with E-state index in [-0.39, 0.29) is 12.1 Å². The van der Waals surface area contributed by atoms with Crippen LogP contribution in [-0.2, 0) is 9.53 Å². The van der Waals surface area contributed by atoms with Crippen LogP contribution in [0.1, 0.15) is 66.7 Å². The first-order chi connectivity index (χ1) is 11.1. The SMILES string of the molecule is C=C1CCC2(C(C)C)CC12.C=C1[C@H]2C[C@@]2(C(C)C)C[C@H]1OC(C)=O. The van der Waals surface area contributed by atoms with Crippen molar-refractivity contribution in [3.63, 3.8) is 0 Å². The maximum Gasteiger partial charge on any atom is 0.303 e. The molecule has 0 N–H and O–H groups in total. The Bertz CT molecular complexity index is 573. The largest absolute Gasteiger partial charge is 0.458 e. The summed E-state index contributed by atoms with van der Waals surface area (Å²) >= 11 is 0. The molecule has 134 valence electrons. The zero-order valence-corrected chi connectivity index (χ0v) is 16.2. The predicted octanol–water partition coefficient (Wildman–Crippen LogP) is 5.54. The van der Waals surface area contributed by atoms with Crippen LogP contribution >= 0.6 is 0 Å². The van der Waals surface area contributed by atoms with Gasteiger partial charge in [-0.15, -0.1) is 0 Å². The average Bonchev–Trinajstić information content (AvgIpc) is 3.34. The minimum absolute atomic E-state index is 0.00588. The molecule has 4 aliphatic rings. The summed E-state index contributed by atoms with van der Waals surface area (Å²) < 4.78 is 5.26. The van der Waals surface area contributed by atoms with Gasteiger partial charge in [-0.3, -0.25) is 4.79 Å². The number of carbonyl (C=O) groups excluding carboxylic acids is 1. The van der Waals surface area contributed by atoms with Crippen LogP contribution < -0.4 is 0 Å². The second kappa shape index (κ2) is 5.75. The van der Waals surface area contributed by atoms with Gasteiger partial charge in [0.25, 0.3) is 0 Å². The highest BCUT2D eigenvalue weighted by Gasteiger charge is 2.64. The van der Waals surface area contributed by atoms with Crippen molar-refractivity contribution in [2.24, 2.45) is 34.5 Å². The van der Waals surface area contributed by atoms with Gasteiger partial charge in [-0.1, -0.05) is 46.4 Å². The molecule has 2 heteroatoms. The summed E-state index contributed by atoms with van der Waals surface area (Å²) in [4.78, 5) is 10.9. The van der Waals surface area contributed by atoms with E-state index in [0.717, 1.165) is 29.2 Å². The molecule has 5 atom stereocenters. The Balaban J connectivity index is 0.000000149. The highest BCUT2D eigenvalue weighted by Crippen LogP contribution is 2.70. The van der Waals surface area contributed by atoms with Crippen molar-refractivity contribution in [3.05, 3.63) is 24.3 Å². The highest BCUT2D eigenvalue weighted by atomic mass is 16.5. The van der Waals surface area contributed by atoms with Gasteiger partial charge in [0, 0.05) is 6.92 Å². The standard InChI is InChI=1S/C12H18O2.C10H16/c1-7(2)12-5-10(12)8(3)11(6-12)14-9(4)13;1-7(2)10-5-4-8(3)9(10)6-10/h7,10-11H,3,5-6H2,1-2,4H3;7,9H,3-6H2,1-2H3/t10-,11-,12+;/m1./s1. The molecule has 4 saturated carbocycles. The van der Waals surface area contributed by atoms with Crippen molar-refractivity contribution in [1.82, 2.24) is 0 Å². The van der Waals surface area contributed by atoms with Crippen LogP contribution in [0.2, 0.25) is 0 Å². The molecular formula is C22H34O2. The molecule has 0 aromatic carbocycles. The number of rotatable bonds is 3. The van der Waals surface area contributed by atoms with Gasteiger partial charge < -0.3 is 4.74 Å². The molecule has 0 spiro atoms. The van der Waals surface area contributed by atoms with E-state index in [0.29, 0.717) is 17.3 Å². The van der Waals surface area contributed by atoms with E-state index in [1.54, 1.807) is 0 Å². The average molecular weight is 331 g/mol. The fourth-order valence-electron chi connectivity index (χ4n) is 5.58. The van der Waals surface area contributed by atoms with Gasteiger partial charge in [-0.25, -0.2) is 0 Å². The number of carbonyl (C=O) groups is 1. The molecule has 2 unspecified atom stereocenters. The summed E-state index contributed by atoms with van der Waals surface area (Å²) in [5, 5.41) is 0. The molecule has 0 aromatic rings. The van der Waals surface area contributed by atoms with E-state index < -0.39 is 0 Å². The first-order valence-corrected chi connectivity index (χ1v) is 9.67. The number of hydrogen-bond acceptors (Lipinski definition) is 2. The highest BCUT2D eigenvalue weighted by molar-refractivity contribution is 5.66. The summed E-state index contributed by atoms with van der Waals surface area (Å²) in [6, 6.07) is 0. The smallest absolute Gasteiger partial charge is 0.303 e. The molecule has 0 saturated heterocycles. The maximum absolute atomic E-state index is 10.9. The van der Waals surface area contributed by atoms with Crippen LogP contribution in [0, 0.1) is 34.5 Å². The molecule has 0 amide bonds. The van der Waals surface area contributed by atoms with E-state index >= 15 is 0 Å². The van der Waals surface area contributed by atoms with E-state index in [2.05, 4.69) is 40.9 Å². The third kappa shape index (κ3) is 2.66. The Morgan fingerprint density at radius 3 is 1.96 bits per heavy atom. The third-order valence-electron chi connectivity index (χ3n) is 7.67. The molecule has 0 aromatic heterocycles. The lowest BCUT2D eigenvalue weighted by Crippen LogP contribution is -2.19. The van der Waals surface area contributed by atoms with Gasteiger partial charge >= 0.3 is 5.97 Å². The van der Waals surface area contributed by atoms with Crippen molar-refractivity contribution >= 4 is 5.97 Å². The lowest BCUT2D eigenvalue weighted by Gasteiger charge is -2.19. The van der Waals surface area contributed by atoms with Crippen molar-refractivity contribution in [1.29, 1.82) is 0 Å². The van der Waals surface area contributed by atoms with Gasteiger partial charge in [0.1, 0.15) is 6.10 Å². The van der Waals surface area contributed by atoms with Crippen LogP contribution in [-0.4, -0.2) is 12.1 Å². The molecule has 0 aliphatic heterocycles. The van der Waals surface area contributed by atoms with Gasteiger partial charge in [-0.2, -0.15) is 0 Å². The number of ether oxygens (including phenoxy) is 1. The molecule has 0 bridgehead atoms. The molecule has 4 rings (SSSR count). The lowest BCUT2D eigenvalue weighted by molar-refractivity contribution is -0.144. The predicted molar refractivity (Wildman–Crippen MR) is 98.4 cm³/mol. The fraction of sp³-hybridized carbons (Fsp3) is 0.773. The second-order valence-electron chi connectivity index (χ2n) is 9.32. The molecule has 4 aliphatic carbocycles. The Hall–Kier alpha value is -1.05. The van der Waals surface area contributed by atoms with E-state index in [4.69, 9.17) is 4.74 Å². The summed E-state index contributed by atoms with van der Waals surface area (Å²) in [6.45, 7) is 18.9. The van der Waals surface area contributed by atoms with Crippen molar-refractivity contribution < 1.29 is 9.53 Å². The van der Waals surface area contributed by atoms with Crippen LogP contribution in [0.25, 0.3) is 0 Å². The summed E-state index contributed by atoms with van der Waals surface area (Å²) in [6.07, 6.45) is 6.42. The zero-order chi connectivity index (χ0) is 17.9. The number of allylic oxidation sites excluding steroid dienone is 1. The second-order valence-corrected chi connectivity index (χ2v) is 9.32. The summed E-state index contributed by atoms with van der Waals surface area (Å²) in [5.74, 6) is 2.91. The van der Waals surface area contributed by atoms with Crippen LogP contribution in [0.4, 0.5) is 0 Å². The van der Waals surface area contributed by atoms with Crippen molar-refractivity contribution in [3.8, 4) is 0 Å². The zero-order valence-electron chi connectivity index (χ0n) is 16.2. The van der Waals surface area contributed by atoms with E-state index in [9.17, 15) is 4.79 Å². The molecule has 0 radical (unpaired) electrons. The van der Waals surface area contributed by atoms with Crippen molar-refractivity contribution in [2.75, 3.05) is 0 Å². The number of hydrogen-bond donors (Lipinski definition) is 0. The van der Waals surface area contributed by atoms with E-state index in [1.807, 2.05) is 0 Å². The van der Waals surface area contributed by atoms with Crippen LogP contribution in [0.3, 0.4) is 0 Å². The third-order valence-corrected chi connectivity index (χ3v) is 7.67. The minimum Gasteiger partial charge on any atom is -0.458 e. The topological polar surface area (TPSA) is 26.3 Å². The number of esters is 1. The van der Waals surface area contributed by atoms with Gasteiger partial charge in [-0.05, 0) is 72.2 Å². The lowest BCUT2D eigenvalue weighted by atomic mass is 9.89. The van der Waals surface area contributed by atoms with Gasteiger partial charge in [0.2, 0.25) is 0 Å². The summed E-state index contributed by atoms with van der Waals surface area (Å²) in [7, 11) is 0. The molecule has 0 heterocycles. The molecular weight excluding hydrogens is 296 g/mol.